The summed E-state index contributed by atoms with van der Waals surface area (Å²) in [7, 11) is 0. The maximum Gasteiger partial charge on any atom is 0.142 e. The number of carbonyl (C=O) groups is 1. The molecule has 0 saturated carbocycles. The van der Waals surface area contributed by atoms with Crippen LogP contribution in [-0.4, -0.2) is 10.9 Å². The van der Waals surface area contributed by atoms with Crippen molar-refractivity contribution in [1.82, 2.24) is 0 Å². The zero-order valence-electron chi connectivity index (χ0n) is 8.82. The summed E-state index contributed by atoms with van der Waals surface area (Å²) < 4.78 is 0. The van der Waals surface area contributed by atoms with E-state index in [1.54, 1.807) is 24.3 Å². The first-order valence-electron chi connectivity index (χ1n) is 4.85. The molecular weight excluding hydrogens is 176 g/mol. The Labute approximate surface area is 84.6 Å². The van der Waals surface area contributed by atoms with Gasteiger partial charge in [-0.25, -0.2) is 0 Å². The van der Waals surface area contributed by atoms with Crippen molar-refractivity contribution in [2.75, 3.05) is 0 Å². The van der Waals surface area contributed by atoms with Crippen molar-refractivity contribution in [3.8, 4) is 5.75 Å². The Hall–Kier alpha value is -1.31. The largest absolute Gasteiger partial charge is 0.508 e. The fourth-order valence-electron chi connectivity index (χ4n) is 1.43. The Kier molecular flexibility index (Phi) is 3.28. The van der Waals surface area contributed by atoms with Crippen molar-refractivity contribution in [3.63, 3.8) is 0 Å². The second-order valence-corrected chi connectivity index (χ2v) is 3.87. The summed E-state index contributed by atoms with van der Waals surface area (Å²) in [5.74, 6) is 0.433. The third-order valence-electron chi connectivity index (χ3n) is 2.39. The standard InChI is InChI=1S/C12H16O2/c1-8(2)12(14)9(3)10-4-6-11(13)7-5-10/h4-9,13H,1-3H3/t9-/m0/s1. The monoisotopic (exact) mass is 192 g/mol. The predicted octanol–water partition coefficient (Wildman–Crippen LogP) is 2.72. The minimum atomic E-state index is -0.0874. The molecule has 0 fully saturated rings. The van der Waals surface area contributed by atoms with E-state index in [1.807, 2.05) is 20.8 Å². The Balaban J connectivity index is 2.84. The molecule has 2 heteroatoms. The molecule has 0 aliphatic carbocycles. The van der Waals surface area contributed by atoms with E-state index < -0.39 is 0 Å². The van der Waals surface area contributed by atoms with E-state index >= 15 is 0 Å². The average Bonchev–Trinajstić information content (AvgIpc) is 2.16. The Bertz CT molecular complexity index is 312. The van der Waals surface area contributed by atoms with Crippen LogP contribution in [-0.2, 0) is 4.79 Å². The molecule has 0 spiro atoms. The van der Waals surface area contributed by atoms with E-state index in [2.05, 4.69) is 0 Å². The summed E-state index contributed by atoms with van der Waals surface area (Å²) in [6.45, 7) is 5.70. The molecule has 14 heavy (non-hydrogen) atoms. The Morgan fingerprint density at radius 1 is 1.14 bits per heavy atom. The molecule has 76 valence electrons. The van der Waals surface area contributed by atoms with Crippen LogP contribution in [0.3, 0.4) is 0 Å². The molecular formula is C12H16O2. The van der Waals surface area contributed by atoms with Gasteiger partial charge in [-0.3, -0.25) is 4.79 Å². The molecule has 1 aromatic carbocycles. The van der Waals surface area contributed by atoms with Gasteiger partial charge in [-0.1, -0.05) is 32.9 Å². The zero-order chi connectivity index (χ0) is 10.7. The van der Waals surface area contributed by atoms with Crippen molar-refractivity contribution < 1.29 is 9.90 Å². The number of aromatic hydroxyl groups is 1. The number of phenolic OH excluding ortho intramolecular Hbond substituents is 1. The molecule has 0 radical (unpaired) electrons. The normalized spacial score (nSPS) is 12.9. The SMILES string of the molecule is CC(C)C(=O)[C@@H](C)c1ccc(O)cc1. The number of hydrogen-bond donors (Lipinski definition) is 1. The molecule has 0 bridgehead atoms. The molecule has 1 N–H and O–H groups in total. The maximum atomic E-state index is 11.7. The highest BCUT2D eigenvalue weighted by atomic mass is 16.3. The smallest absolute Gasteiger partial charge is 0.142 e. The van der Waals surface area contributed by atoms with Crippen molar-refractivity contribution in [1.29, 1.82) is 0 Å². The average molecular weight is 192 g/mol. The molecule has 1 rings (SSSR count). The van der Waals surface area contributed by atoms with Crippen LogP contribution < -0.4 is 0 Å². The molecule has 0 amide bonds. The van der Waals surface area contributed by atoms with E-state index in [-0.39, 0.29) is 23.4 Å². The lowest BCUT2D eigenvalue weighted by atomic mass is 9.90. The van der Waals surface area contributed by atoms with Crippen molar-refractivity contribution >= 4 is 5.78 Å². The number of carbonyl (C=O) groups excluding carboxylic acids is 1. The Morgan fingerprint density at radius 2 is 1.64 bits per heavy atom. The maximum absolute atomic E-state index is 11.7. The summed E-state index contributed by atoms with van der Waals surface area (Å²) in [4.78, 5) is 11.7. The third-order valence-corrected chi connectivity index (χ3v) is 2.39. The minimum Gasteiger partial charge on any atom is -0.508 e. The van der Waals surface area contributed by atoms with Crippen molar-refractivity contribution in [3.05, 3.63) is 29.8 Å². The van der Waals surface area contributed by atoms with Crippen LogP contribution in [0.15, 0.2) is 24.3 Å². The van der Waals surface area contributed by atoms with Gasteiger partial charge in [-0.15, -0.1) is 0 Å². The van der Waals surface area contributed by atoms with Crippen molar-refractivity contribution in [2.24, 2.45) is 5.92 Å². The van der Waals surface area contributed by atoms with E-state index in [0.717, 1.165) is 5.56 Å². The highest BCUT2D eigenvalue weighted by molar-refractivity contribution is 5.86. The van der Waals surface area contributed by atoms with Gasteiger partial charge in [0.25, 0.3) is 0 Å². The van der Waals surface area contributed by atoms with Crippen LogP contribution in [0.1, 0.15) is 32.3 Å². The molecule has 0 heterocycles. The first-order chi connectivity index (χ1) is 6.52. The highest BCUT2D eigenvalue weighted by Gasteiger charge is 2.17. The van der Waals surface area contributed by atoms with Crippen LogP contribution in [0.4, 0.5) is 0 Å². The third kappa shape index (κ3) is 2.34. The topological polar surface area (TPSA) is 37.3 Å². The number of rotatable bonds is 3. The zero-order valence-corrected chi connectivity index (χ0v) is 8.82. The van der Waals surface area contributed by atoms with Crippen LogP contribution >= 0.6 is 0 Å². The van der Waals surface area contributed by atoms with Gasteiger partial charge in [0.1, 0.15) is 11.5 Å². The van der Waals surface area contributed by atoms with E-state index in [4.69, 9.17) is 5.11 Å². The van der Waals surface area contributed by atoms with Gasteiger partial charge in [0.2, 0.25) is 0 Å². The fourth-order valence-corrected chi connectivity index (χ4v) is 1.43. The second kappa shape index (κ2) is 4.27. The second-order valence-electron chi connectivity index (χ2n) is 3.87. The molecule has 2 nitrogen and oxygen atoms in total. The van der Waals surface area contributed by atoms with Crippen LogP contribution in [0.25, 0.3) is 0 Å². The summed E-state index contributed by atoms with van der Waals surface area (Å²) in [6.07, 6.45) is 0. The molecule has 0 aromatic heterocycles. The summed E-state index contributed by atoms with van der Waals surface area (Å²) >= 11 is 0. The van der Waals surface area contributed by atoms with Crippen LogP contribution in [0, 0.1) is 5.92 Å². The van der Waals surface area contributed by atoms with Gasteiger partial charge in [-0.2, -0.15) is 0 Å². The molecule has 1 aromatic rings. The van der Waals surface area contributed by atoms with Gasteiger partial charge in [0.05, 0.1) is 0 Å². The van der Waals surface area contributed by atoms with Crippen LogP contribution in [0.5, 0.6) is 5.75 Å². The lowest BCUT2D eigenvalue weighted by molar-refractivity contribution is -0.123. The van der Waals surface area contributed by atoms with Gasteiger partial charge < -0.3 is 5.11 Å². The van der Waals surface area contributed by atoms with E-state index in [1.165, 1.54) is 0 Å². The molecule has 0 aliphatic heterocycles. The van der Waals surface area contributed by atoms with Gasteiger partial charge in [0.15, 0.2) is 0 Å². The predicted molar refractivity (Wildman–Crippen MR) is 56.4 cm³/mol. The number of Topliss-reactive ketones (excluding diaryl/α,β-unsaturated/α-hetero) is 1. The summed E-state index contributed by atoms with van der Waals surface area (Å²) in [6, 6.07) is 6.80. The molecule has 0 saturated heterocycles. The van der Waals surface area contributed by atoms with Gasteiger partial charge in [0, 0.05) is 11.8 Å². The fraction of sp³-hybridized carbons (Fsp3) is 0.417. The molecule has 1 atom stereocenters. The molecule has 0 unspecified atom stereocenters. The number of hydrogen-bond acceptors (Lipinski definition) is 2. The lowest BCUT2D eigenvalue weighted by Gasteiger charge is -2.13. The first-order valence-corrected chi connectivity index (χ1v) is 4.85. The van der Waals surface area contributed by atoms with Gasteiger partial charge >= 0.3 is 0 Å². The van der Waals surface area contributed by atoms with Crippen LogP contribution in [0.2, 0.25) is 0 Å². The Morgan fingerprint density at radius 3 is 2.07 bits per heavy atom. The number of ketones is 1. The van der Waals surface area contributed by atoms with Gasteiger partial charge in [-0.05, 0) is 17.7 Å². The van der Waals surface area contributed by atoms with E-state index in [9.17, 15) is 4.79 Å². The molecule has 0 aliphatic rings. The minimum absolute atomic E-state index is 0.0544. The number of phenols is 1. The van der Waals surface area contributed by atoms with E-state index in [0.29, 0.717) is 0 Å². The first kappa shape index (κ1) is 10.8. The number of benzene rings is 1. The summed E-state index contributed by atoms with van der Waals surface area (Å²) in [5, 5.41) is 9.10. The lowest BCUT2D eigenvalue weighted by Crippen LogP contribution is -2.15. The quantitative estimate of drug-likeness (QED) is 0.799. The highest BCUT2D eigenvalue weighted by Crippen LogP contribution is 2.21. The summed E-state index contributed by atoms with van der Waals surface area (Å²) in [5.41, 5.74) is 0.960. The van der Waals surface area contributed by atoms with Crippen molar-refractivity contribution in [2.45, 2.75) is 26.7 Å².